The molecule has 2 N–H and O–H groups in total. The maximum absolute atomic E-state index is 10.6. The second kappa shape index (κ2) is 10.5. The number of nitrogens with zero attached hydrogens (tertiary/aromatic N) is 1. The molecule has 41 heavy (non-hydrogen) atoms. The summed E-state index contributed by atoms with van der Waals surface area (Å²) in [4.78, 5) is 6.69. The van der Waals surface area contributed by atoms with E-state index < -0.39 is 0 Å². The Morgan fingerprint density at radius 1 is 1.05 bits per heavy atom. The summed E-state index contributed by atoms with van der Waals surface area (Å²) in [6, 6.07) is 19.6. The fraction of sp³-hybridized carbons (Fsp3) is 0.206. The monoisotopic (exact) mass is 564 g/mol. The van der Waals surface area contributed by atoms with Gasteiger partial charge in [-0.3, -0.25) is 0 Å². The zero-order valence-electron chi connectivity index (χ0n) is 23.7. The zero-order chi connectivity index (χ0) is 28.7. The molecule has 2 aliphatic rings. The first-order chi connectivity index (χ1) is 19.8. The summed E-state index contributed by atoms with van der Waals surface area (Å²) < 4.78 is 12.3. The number of hydrogen-bond acceptors (Lipinski definition) is 7. The molecule has 3 heterocycles. The van der Waals surface area contributed by atoms with E-state index in [4.69, 9.17) is 14.3 Å². The summed E-state index contributed by atoms with van der Waals surface area (Å²) in [7, 11) is 1.56. The van der Waals surface area contributed by atoms with Gasteiger partial charge in [0.25, 0.3) is 0 Å². The van der Waals surface area contributed by atoms with Crippen molar-refractivity contribution in [2.75, 3.05) is 12.4 Å². The molecule has 208 valence electrons. The van der Waals surface area contributed by atoms with Crippen molar-refractivity contribution >= 4 is 40.1 Å². The van der Waals surface area contributed by atoms with Crippen LogP contribution in [0.25, 0.3) is 28.5 Å². The van der Waals surface area contributed by atoms with E-state index in [1.54, 1.807) is 30.6 Å². The van der Waals surface area contributed by atoms with Gasteiger partial charge in [-0.05, 0) is 74.6 Å². The molecule has 0 fully saturated rings. The van der Waals surface area contributed by atoms with Crippen LogP contribution >= 0.6 is 11.3 Å². The van der Waals surface area contributed by atoms with E-state index in [0.29, 0.717) is 23.9 Å². The minimum atomic E-state index is -0.188. The molecule has 6 nitrogen and oxygen atoms in total. The van der Waals surface area contributed by atoms with Gasteiger partial charge in [0.1, 0.15) is 18.1 Å². The molecular weight excluding hydrogens is 532 g/mol. The Bertz CT molecular complexity index is 1730. The Balaban J connectivity index is 1.47. The number of fused-ring (bicyclic) bond motifs is 5. The van der Waals surface area contributed by atoms with Gasteiger partial charge in [0.05, 0.1) is 23.9 Å². The van der Waals surface area contributed by atoms with Gasteiger partial charge >= 0.3 is 0 Å². The molecule has 4 aromatic rings. The van der Waals surface area contributed by atoms with E-state index in [1.807, 2.05) is 42.6 Å². The van der Waals surface area contributed by atoms with Gasteiger partial charge in [0, 0.05) is 32.8 Å². The number of nitrogens with one attached hydrogen (secondary N) is 1. The largest absolute Gasteiger partial charge is 0.504 e. The minimum absolute atomic E-state index is 0.0698. The molecule has 0 saturated carbocycles. The third kappa shape index (κ3) is 4.98. The van der Waals surface area contributed by atoms with Crippen molar-refractivity contribution in [1.29, 1.82) is 0 Å². The van der Waals surface area contributed by atoms with E-state index in [9.17, 15) is 5.11 Å². The number of anilines is 1. The SMILES string of the molecule is COc1c(O)ccc2c1-c1ccc3c(c1/C(=C/c1sccc1/C(C)=N/OCc1ccccc1)O2)C(C)=CC(C)(C)N3. The third-order valence-corrected chi connectivity index (χ3v) is 8.16. The molecule has 0 unspecified atom stereocenters. The Labute approximate surface area is 244 Å². The third-order valence-electron chi connectivity index (χ3n) is 7.29. The molecule has 0 radical (unpaired) electrons. The number of rotatable bonds is 6. The highest BCUT2D eigenvalue weighted by molar-refractivity contribution is 7.11. The van der Waals surface area contributed by atoms with E-state index >= 15 is 0 Å². The van der Waals surface area contributed by atoms with Crippen LogP contribution in [0.1, 0.15) is 54.8 Å². The summed E-state index contributed by atoms with van der Waals surface area (Å²) in [5.41, 5.74) is 8.51. The molecule has 0 bridgehead atoms. The standard InChI is InChI=1S/C34H32N2O4S/c1-20-18-34(3,4)35-25-12-11-24-31(30(20)25)28(40-27-14-13-26(37)33(38-5)32(24)27)17-29-23(15-16-41-29)21(2)36-39-19-22-9-7-6-8-10-22/h6-18,35,37H,19H2,1-5H3/b28-17-,36-21+. The van der Waals surface area contributed by atoms with Crippen molar-refractivity contribution < 1.29 is 19.4 Å². The first-order valence-corrected chi connectivity index (χ1v) is 14.4. The second-order valence-electron chi connectivity index (χ2n) is 10.8. The summed E-state index contributed by atoms with van der Waals surface area (Å²) in [6.45, 7) is 8.80. The average Bonchev–Trinajstić information content (AvgIpc) is 3.41. The van der Waals surface area contributed by atoms with Crippen LogP contribution in [0.2, 0.25) is 0 Å². The lowest BCUT2D eigenvalue weighted by atomic mass is 9.83. The summed E-state index contributed by atoms with van der Waals surface area (Å²) in [5.74, 6) is 1.80. The maximum Gasteiger partial charge on any atom is 0.172 e. The predicted molar refractivity (Wildman–Crippen MR) is 168 cm³/mol. The van der Waals surface area contributed by atoms with Crippen molar-refractivity contribution in [2.45, 2.75) is 39.8 Å². The lowest BCUT2D eigenvalue weighted by Gasteiger charge is -2.35. The Morgan fingerprint density at radius 3 is 2.63 bits per heavy atom. The Morgan fingerprint density at radius 2 is 1.85 bits per heavy atom. The van der Waals surface area contributed by atoms with Crippen LogP contribution < -0.4 is 14.8 Å². The van der Waals surface area contributed by atoms with Crippen LogP contribution in [0.4, 0.5) is 5.69 Å². The van der Waals surface area contributed by atoms with Crippen LogP contribution in [0, 0.1) is 0 Å². The molecular formula is C34H32N2O4S. The van der Waals surface area contributed by atoms with Crippen molar-refractivity contribution in [3.05, 3.63) is 99.3 Å². The molecule has 0 saturated heterocycles. The number of allylic oxidation sites excluding steroid dienone is 1. The molecule has 6 rings (SSSR count). The Hall–Kier alpha value is -4.49. The van der Waals surface area contributed by atoms with Gasteiger partial charge in [0.2, 0.25) is 0 Å². The van der Waals surface area contributed by atoms with Crippen molar-refractivity contribution in [3.63, 3.8) is 0 Å². The maximum atomic E-state index is 10.6. The zero-order valence-corrected chi connectivity index (χ0v) is 24.6. The molecule has 0 atom stereocenters. The highest BCUT2D eigenvalue weighted by atomic mass is 32.1. The number of hydrogen-bond donors (Lipinski definition) is 2. The van der Waals surface area contributed by atoms with Gasteiger partial charge in [-0.2, -0.15) is 0 Å². The number of phenolic OH excluding ortho intramolecular Hbond substituents is 1. The van der Waals surface area contributed by atoms with Crippen LogP contribution in [0.15, 0.2) is 77.3 Å². The highest BCUT2D eigenvalue weighted by Gasteiger charge is 2.33. The first-order valence-electron chi connectivity index (χ1n) is 13.5. The van der Waals surface area contributed by atoms with Gasteiger partial charge in [-0.1, -0.05) is 47.6 Å². The normalized spacial score (nSPS) is 16.1. The van der Waals surface area contributed by atoms with E-state index in [0.717, 1.165) is 55.2 Å². The van der Waals surface area contributed by atoms with Gasteiger partial charge < -0.3 is 24.7 Å². The van der Waals surface area contributed by atoms with E-state index in [1.165, 1.54) is 0 Å². The predicted octanol–water partition coefficient (Wildman–Crippen LogP) is 8.57. The number of ether oxygens (including phenoxy) is 2. The summed E-state index contributed by atoms with van der Waals surface area (Å²) in [5, 5.41) is 20.7. The number of benzene rings is 3. The fourth-order valence-electron chi connectivity index (χ4n) is 5.63. The molecule has 3 aromatic carbocycles. The molecule has 1 aromatic heterocycles. The van der Waals surface area contributed by atoms with Crippen LogP contribution in [0.3, 0.4) is 0 Å². The first kappa shape index (κ1) is 26.7. The van der Waals surface area contributed by atoms with Gasteiger partial charge in [0.15, 0.2) is 11.5 Å². The molecule has 0 aliphatic carbocycles. The number of phenols is 1. The highest BCUT2D eigenvalue weighted by Crippen LogP contribution is 2.54. The van der Waals surface area contributed by atoms with Crippen molar-refractivity contribution in [2.24, 2.45) is 5.16 Å². The van der Waals surface area contributed by atoms with E-state index in [2.05, 4.69) is 61.6 Å². The summed E-state index contributed by atoms with van der Waals surface area (Å²) in [6.07, 6.45) is 4.31. The lowest BCUT2D eigenvalue weighted by molar-refractivity contribution is 0.130. The van der Waals surface area contributed by atoms with Crippen molar-refractivity contribution in [1.82, 2.24) is 0 Å². The summed E-state index contributed by atoms with van der Waals surface area (Å²) >= 11 is 1.62. The topological polar surface area (TPSA) is 72.3 Å². The second-order valence-corrected chi connectivity index (χ2v) is 11.8. The van der Waals surface area contributed by atoms with Crippen LogP contribution in [-0.2, 0) is 11.4 Å². The average molecular weight is 565 g/mol. The number of oxime groups is 1. The van der Waals surface area contributed by atoms with Gasteiger partial charge in [-0.15, -0.1) is 11.3 Å². The van der Waals surface area contributed by atoms with Crippen LogP contribution in [0.5, 0.6) is 17.2 Å². The smallest absolute Gasteiger partial charge is 0.172 e. The number of thiophene rings is 1. The van der Waals surface area contributed by atoms with E-state index in [-0.39, 0.29) is 11.3 Å². The molecule has 0 spiro atoms. The number of aromatic hydroxyl groups is 1. The Kier molecular flexibility index (Phi) is 6.83. The fourth-order valence-corrected chi connectivity index (χ4v) is 6.50. The van der Waals surface area contributed by atoms with Crippen LogP contribution in [-0.4, -0.2) is 23.5 Å². The minimum Gasteiger partial charge on any atom is -0.504 e. The van der Waals surface area contributed by atoms with Crippen molar-refractivity contribution in [3.8, 4) is 28.4 Å². The quantitative estimate of drug-likeness (QED) is 0.181. The van der Waals surface area contributed by atoms with Gasteiger partial charge in [-0.25, -0.2) is 0 Å². The number of methoxy groups -OCH3 is 1. The molecule has 7 heteroatoms. The molecule has 0 amide bonds. The molecule has 2 aliphatic heterocycles. The lowest BCUT2D eigenvalue weighted by Crippen LogP contribution is -2.32.